The van der Waals surface area contributed by atoms with Gasteiger partial charge in [-0.1, -0.05) is 15.9 Å². The van der Waals surface area contributed by atoms with Crippen LogP contribution in [-0.2, 0) is 4.74 Å². The molecule has 1 aromatic rings. The monoisotopic (exact) mass is 307 g/mol. The molecule has 0 radical (unpaired) electrons. The zero-order chi connectivity index (χ0) is 12.8. The van der Waals surface area contributed by atoms with Gasteiger partial charge in [0.05, 0.1) is 6.61 Å². The number of amides is 1. The fraction of sp³-hybridized carbons (Fsp3) is 0.364. The van der Waals surface area contributed by atoms with E-state index in [2.05, 4.69) is 21.2 Å². The van der Waals surface area contributed by atoms with Crippen molar-refractivity contribution in [3.63, 3.8) is 0 Å². The molecular formula is C11H12BrF2NO2. The lowest BCUT2D eigenvalue weighted by Crippen LogP contribution is -2.29. The molecule has 1 amide bonds. The van der Waals surface area contributed by atoms with Gasteiger partial charge in [-0.15, -0.1) is 0 Å². The predicted octanol–water partition coefficient (Wildman–Crippen LogP) is 2.49. The Morgan fingerprint density at radius 1 is 1.41 bits per heavy atom. The molecule has 6 heteroatoms. The van der Waals surface area contributed by atoms with Gasteiger partial charge in [0.2, 0.25) is 0 Å². The second-order valence-corrected chi connectivity index (χ2v) is 4.11. The summed E-state index contributed by atoms with van der Waals surface area (Å²) in [4.78, 5) is 11.5. The third kappa shape index (κ3) is 4.05. The van der Waals surface area contributed by atoms with Gasteiger partial charge in [0.1, 0.15) is 17.2 Å². The van der Waals surface area contributed by atoms with E-state index in [1.807, 2.05) is 6.92 Å². The van der Waals surface area contributed by atoms with Gasteiger partial charge < -0.3 is 10.1 Å². The van der Waals surface area contributed by atoms with Crippen molar-refractivity contribution in [1.82, 2.24) is 5.32 Å². The van der Waals surface area contributed by atoms with Gasteiger partial charge in [0, 0.05) is 17.6 Å². The molecule has 0 unspecified atom stereocenters. The van der Waals surface area contributed by atoms with Crippen LogP contribution in [0.25, 0.3) is 0 Å². The third-order valence-corrected chi connectivity index (χ3v) is 2.43. The summed E-state index contributed by atoms with van der Waals surface area (Å²) in [5.74, 6) is -2.58. The molecule has 0 bridgehead atoms. The van der Waals surface area contributed by atoms with Crippen LogP contribution in [0.3, 0.4) is 0 Å². The van der Waals surface area contributed by atoms with Crippen molar-refractivity contribution >= 4 is 21.8 Å². The van der Waals surface area contributed by atoms with Crippen LogP contribution >= 0.6 is 15.9 Å². The number of hydrogen-bond acceptors (Lipinski definition) is 2. The summed E-state index contributed by atoms with van der Waals surface area (Å²) in [6.07, 6.45) is 0. The van der Waals surface area contributed by atoms with Crippen LogP contribution in [0.15, 0.2) is 16.6 Å². The Hall–Kier alpha value is -1.01. The first kappa shape index (κ1) is 14.1. The molecule has 0 heterocycles. The first-order chi connectivity index (χ1) is 8.06. The molecule has 0 saturated carbocycles. The average molecular weight is 308 g/mol. The Morgan fingerprint density at radius 2 is 2.00 bits per heavy atom. The zero-order valence-corrected chi connectivity index (χ0v) is 10.8. The summed E-state index contributed by atoms with van der Waals surface area (Å²) >= 11 is 2.94. The lowest BCUT2D eigenvalue weighted by molar-refractivity contribution is 0.0914. The highest BCUT2D eigenvalue weighted by Crippen LogP contribution is 2.19. The van der Waals surface area contributed by atoms with E-state index in [1.54, 1.807) is 0 Å². The summed E-state index contributed by atoms with van der Waals surface area (Å²) < 4.78 is 32.0. The lowest BCUT2D eigenvalue weighted by atomic mass is 10.2. The van der Waals surface area contributed by atoms with Crippen molar-refractivity contribution in [2.75, 3.05) is 19.8 Å². The Kier molecular flexibility index (Phi) is 5.50. The number of ether oxygens (including phenoxy) is 1. The second-order valence-electron chi connectivity index (χ2n) is 3.20. The summed E-state index contributed by atoms with van der Waals surface area (Å²) in [7, 11) is 0. The number of rotatable bonds is 5. The van der Waals surface area contributed by atoms with Crippen LogP contribution in [0, 0.1) is 11.6 Å². The predicted molar refractivity (Wildman–Crippen MR) is 62.9 cm³/mol. The quantitative estimate of drug-likeness (QED) is 0.849. The van der Waals surface area contributed by atoms with Gasteiger partial charge in [-0.2, -0.15) is 0 Å². The second kappa shape index (κ2) is 6.66. The number of hydrogen-bond donors (Lipinski definition) is 1. The fourth-order valence-corrected chi connectivity index (χ4v) is 1.63. The fourth-order valence-electron chi connectivity index (χ4n) is 1.23. The molecule has 0 aliphatic carbocycles. The maximum atomic E-state index is 13.4. The summed E-state index contributed by atoms with van der Waals surface area (Å²) in [6.45, 7) is 2.86. The molecule has 1 aromatic carbocycles. The largest absolute Gasteiger partial charge is 0.380 e. The summed E-state index contributed by atoms with van der Waals surface area (Å²) in [5.41, 5.74) is -0.579. The van der Waals surface area contributed by atoms with Crippen LogP contribution < -0.4 is 5.32 Å². The van der Waals surface area contributed by atoms with Crippen LogP contribution in [0.5, 0.6) is 0 Å². The Morgan fingerprint density at radius 3 is 2.53 bits per heavy atom. The minimum Gasteiger partial charge on any atom is -0.380 e. The van der Waals surface area contributed by atoms with Gasteiger partial charge in [-0.05, 0) is 19.1 Å². The van der Waals surface area contributed by atoms with Crippen molar-refractivity contribution in [2.24, 2.45) is 0 Å². The molecule has 3 nitrogen and oxygen atoms in total. The first-order valence-electron chi connectivity index (χ1n) is 5.06. The normalized spacial score (nSPS) is 10.4. The van der Waals surface area contributed by atoms with Crippen molar-refractivity contribution in [3.8, 4) is 0 Å². The van der Waals surface area contributed by atoms with Gasteiger partial charge >= 0.3 is 0 Å². The maximum Gasteiger partial charge on any atom is 0.257 e. The number of nitrogens with one attached hydrogen (secondary N) is 1. The highest BCUT2D eigenvalue weighted by Gasteiger charge is 2.17. The SMILES string of the molecule is CCOCCNC(=O)c1c(F)cc(Br)cc1F. The Bertz CT molecular complexity index is 389. The van der Waals surface area contributed by atoms with E-state index in [9.17, 15) is 13.6 Å². The molecule has 0 aliphatic heterocycles. The maximum absolute atomic E-state index is 13.4. The Balaban J connectivity index is 2.69. The molecule has 0 saturated heterocycles. The van der Waals surface area contributed by atoms with Crippen molar-refractivity contribution in [1.29, 1.82) is 0 Å². The third-order valence-electron chi connectivity index (χ3n) is 1.97. The number of benzene rings is 1. The van der Waals surface area contributed by atoms with Crippen LogP contribution in [0.1, 0.15) is 17.3 Å². The van der Waals surface area contributed by atoms with E-state index in [0.29, 0.717) is 13.2 Å². The molecule has 17 heavy (non-hydrogen) atoms. The molecule has 0 atom stereocenters. The first-order valence-corrected chi connectivity index (χ1v) is 5.86. The minimum atomic E-state index is -0.897. The molecule has 94 valence electrons. The number of carbonyl (C=O) groups is 1. The highest BCUT2D eigenvalue weighted by molar-refractivity contribution is 9.10. The number of halogens is 3. The summed E-state index contributed by atoms with van der Waals surface area (Å²) in [6, 6.07) is 2.08. The molecule has 0 fully saturated rings. The van der Waals surface area contributed by atoms with E-state index in [4.69, 9.17) is 4.74 Å². The average Bonchev–Trinajstić information content (AvgIpc) is 2.23. The van der Waals surface area contributed by atoms with Crippen LogP contribution in [0.4, 0.5) is 8.78 Å². The van der Waals surface area contributed by atoms with Crippen molar-refractivity contribution in [3.05, 3.63) is 33.8 Å². The van der Waals surface area contributed by atoms with E-state index >= 15 is 0 Å². The zero-order valence-electron chi connectivity index (χ0n) is 9.23. The smallest absolute Gasteiger partial charge is 0.257 e. The van der Waals surface area contributed by atoms with E-state index in [-0.39, 0.29) is 11.0 Å². The van der Waals surface area contributed by atoms with Crippen molar-refractivity contribution in [2.45, 2.75) is 6.92 Å². The molecule has 1 rings (SSSR count). The van der Waals surface area contributed by atoms with Crippen LogP contribution in [-0.4, -0.2) is 25.7 Å². The number of carbonyl (C=O) groups excluding carboxylic acids is 1. The molecule has 1 N–H and O–H groups in total. The minimum absolute atomic E-state index is 0.210. The van der Waals surface area contributed by atoms with E-state index in [1.165, 1.54) is 0 Å². The van der Waals surface area contributed by atoms with Gasteiger partial charge in [0.15, 0.2) is 0 Å². The van der Waals surface area contributed by atoms with E-state index < -0.39 is 23.1 Å². The molecule has 0 spiro atoms. The molecular weight excluding hydrogens is 296 g/mol. The topological polar surface area (TPSA) is 38.3 Å². The van der Waals surface area contributed by atoms with Crippen LogP contribution in [0.2, 0.25) is 0 Å². The standard InChI is InChI=1S/C11H12BrF2NO2/c1-2-17-4-3-15-11(16)10-8(13)5-7(12)6-9(10)14/h5-6H,2-4H2,1H3,(H,15,16). The van der Waals surface area contributed by atoms with Gasteiger partial charge in [-0.25, -0.2) is 8.78 Å². The lowest BCUT2D eigenvalue weighted by Gasteiger charge is -2.07. The summed E-state index contributed by atoms with van der Waals surface area (Å²) in [5, 5.41) is 2.38. The molecule has 0 aromatic heterocycles. The molecule has 0 aliphatic rings. The highest BCUT2D eigenvalue weighted by atomic mass is 79.9. The van der Waals surface area contributed by atoms with Gasteiger partial charge in [-0.3, -0.25) is 4.79 Å². The van der Waals surface area contributed by atoms with E-state index in [0.717, 1.165) is 12.1 Å². The van der Waals surface area contributed by atoms with Crippen molar-refractivity contribution < 1.29 is 18.3 Å². The van der Waals surface area contributed by atoms with Gasteiger partial charge in [0.25, 0.3) is 5.91 Å². The Labute approximate surface area is 106 Å².